The Morgan fingerprint density at radius 2 is 1.75 bits per heavy atom. The van der Waals surface area contributed by atoms with Crippen LogP contribution in [0.25, 0.3) is 20.8 Å². The number of fused-ring (bicyclic) bond motifs is 1. The van der Waals surface area contributed by atoms with Crippen molar-refractivity contribution in [1.82, 2.24) is 20.1 Å². The Morgan fingerprint density at radius 3 is 2.50 bits per heavy atom. The number of nitrogens with zero attached hydrogens (tertiary/aromatic N) is 3. The summed E-state index contributed by atoms with van der Waals surface area (Å²) in [6.45, 7) is 4.51. The van der Waals surface area contributed by atoms with Crippen LogP contribution in [-0.4, -0.2) is 65.0 Å². The molecule has 3 aromatic rings. The van der Waals surface area contributed by atoms with Crippen molar-refractivity contribution in [2.75, 3.05) is 31.5 Å². The van der Waals surface area contributed by atoms with Gasteiger partial charge in [-0.25, -0.2) is 9.78 Å². The summed E-state index contributed by atoms with van der Waals surface area (Å²) in [5.41, 5.74) is 2.65. The maximum absolute atomic E-state index is 13.0. The fourth-order valence-corrected chi connectivity index (χ4v) is 4.99. The van der Waals surface area contributed by atoms with E-state index in [1.807, 2.05) is 54.3 Å². The van der Waals surface area contributed by atoms with Crippen molar-refractivity contribution in [1.29, 1.82) is 0 Å². The van der Waals surface area contributed by atoms with Crippen molar-refractivity contribution >= 4 is 39.2 Å². The number of thiazole rings is 1. The van der Waals surface area contributed by atoms with Gasteiger partial charge in [0.1, 0.15) is 5.01 Å². The summed E-state index contributed by atoms with van der Waals surface area (Å²) >= 11 is 1.62. The second-order valence-electron chi connectivity index (χ2n) is 8.44. The van der Waals surface area contributed by atoms with Crippen molar-refractivity contribution in [2.45, 2.75) is 31.8 Å². The van der Waals surface area contributed by atoms with E-state index in [2.05, 4.69) is 21.6 Å². The standard InChI is InChI=1S/C24H27N5O2S/c1-16(22(30)25-17-10-11-17)28-12-14-29(15-13-28)24(31)27-19-7-3-2-6-18(19)23-26-20-8-4-5-9-21(20)32-23/h2-9,16-17H,10-15H2,1H3,(H,25,30)(H,27,31). The molecule has 1 unspecified atom stereocenters. The summed E-state index contributed by atoms with van der Waals surface area (Å²) in [6, 6.07) is 15.9. The van der Waals surface area contributed by atoms with Gasteiger partial charge in [-0.05, 0) is 44.0 Å². The number of aromatic nitrogens is 1. The molecule has 2 N–H and O–H groups in total. The highest BCUT2D eigenvalue weighted by molar-refractivity contribution is 7.21. The molecule has 0 spiro atoms. The molecule has 1 aromatic heterocycles. The first-order valence-electron chi connectivity index (χ1n) is 11.1. The number of amides is 3. The number of rotatable bonds is 5. The predicted octanol–water partition coefficient (Wildman–Crippen LogP) is 3.78. The number of para-hydroxylation sites is 2. The molecular weight excluding hydrogens is 422 g/mol. The number of anilines is 1. The Kier molecular flexibility index (Phi) is 5.80. The van der Waals surface area contributed by atoms with Gasteiger partial charge in [-0.15, -0.1) is 11.3 Å². The van der Waals surface area contributed by atoms with E-state index in [0.717, 1.165) is 39.3 Å². The molecule has 1 atom stereocenters. The van der Waals surface area contributed by atoms with Crippen LogP contribution in [0.1, 0.15) is 19.8 Å². The molecule has 1 saturated heterocycles. The van der Waals surface area contributed by atoms with Gasteiger partial charge >= 0.3 is 6.03 Å². The zero-order valence-electron chi connectivity index (χ0n) is 18.1. The third-order valence-corrected chi connectivity index (χ3v) is 7.22. The van der Waals surface area contributed by atoms with E-state index >= 15 is 0 Å². The third-order valence-electron chi connectivity index (χ3n) is 6.15. The molecule has 2 fully saturated rings. The molecule has 166 valence electrons. The van der Waals surface area contributed by atoms with Gasteiger partial charge in [0.25, 0.3) is 0 Å². The maximum atomic E-state index is 13.0. The van der Waals surface area contributed by atoms with Crippen molar-refractivity contribution in [3.63, 3.8) is 0 Å². The van der Waals surface area contributed by atoms with Gasteiger partial charge in [0.2, 0.25) is 5.91 Å². The largest absolute Gasteiger partial charge is 0.352 e. The number of hydrogen-bond acceptors (Lipinski definition) is 5. The molecule has 32 heavy (non-hydrogen) atoms. The van der Waals surface area contributed by atoms with Crippen LogP contribution in [0.5, 0.6) is 0 Å². The van der Waals surface area contributed by atoms with Gasteiger partial charge < -0.3 is 15.5 Å². The van der Waals surface area contributed by atoms with Crippen molar-refractivity contribution < 1.29 is 9.59 Å². The average Bonchev–Trinajstić information content (AvgIpc) is 3.53. The number of urea groups is 1. The Bertz CT molecular complexity index is 1100. The SMILES string of the molecule is CC(C(=O)NC1CC1)N1CCN(C(=O)Nc2ccccc2-c2nc3ccccc3s2)CC1. The minimum absolute atomic E-state index is 0.0927. The minimum atomic E-state index is -0.166. The molecular formula is C24H27N5O2S. The summed E-state index contributed by atoms with van der Waals surface area (Å²) in [4.78, 5) is 34.0. The number of piperazine rings is 1. The summed E-state index contributed by atoms with van der Waals surface area (Å²) in [6.07, 6.45) is 2.18. The number of nitrogens with one attached hydrogen (secondary N) is 2. The highest BCUT2D eigenvalue weighted by Gasteiger charge is 2.31. The number of benzene rings is 2. The van der Waals surface area contributed by atoms with Gasteiger partial charge in [0, 0.05) is 37.8 Å². The zero-order valence-corrected chi connectivity index (χ0v) is 18.9. The van der Waals surface area contributed by atoms with Gasteiger partial charge in [-0.2, -0.15) is 0 Å². The predicted molar refractivity (Wildman–Crippen MR) is 128 cm³/mol. The van der Waals surface area contributed by atoms with Gasteiger partial charge in [-0.3, -0.25) is 9.69 Å². The molecule has 3 amide bonds. The Labute approximate surface area is 191 Å². The lowest BCUT2D eigenvalue weighted by molar-refractivity contribution is -0.126. The van der Waals surface area contributed by atoms with Gasteiger partial charge in [0.15, 0.2) is 0 Å². The van der Waals surface area contributed by atoms with Crippen LogP contribution < -0.4 is 10.6 Å². The van der Waals surface area contributed by atoms with E-state index in [9.17, 15) is 9.59 Å². The highest BCUT2D eigenvalue weighted by Crippen LogP contribution is 2.34. The lowest BCUT2D eigenvalue weighted by Gasteiger charge is -2.37. The number of carbonyl (C=O) groups is 2. The summed E-state index contributed by atoms with van der Waals surface area (Å²) in [5, 5.41) is 7.04. The van der Waals surface area contributed by atoms with Crippen molar-refractivity contribution in [3.05, 3.63) is 48.5 Å². The van der Waals surface area contributed by atoms with Crippen LogP contribution in [0.15, 0.2) is 48.5 Å². The summed E-state index contributed by atoms with van der Waals surface area (Å²) < 4.78 is 1.12. The van der Waals surface area contributed by atoms with Crippen LogP contribution in [0.2, 0.25) is 0 Å². The molecule has 1 aliphatic carbocycles. The first-order chi connectivity index (χ1) is 15.6. The first-order valence-corrected chi connectivity index (χ1v) is 12.0. The molecule has 2 aliphatic rings. The maximum Gasteiger partial charge on any atom is 0.321 e. The number of carbonyl (C=O) groups excluding carboxylic acids is 2. The van der Waals surface area contributed by atoms with Crippen LogP contribution >= 0.6 is 11.3 Å². The fraction of sp³-hybridized carbons (Fsp3) is 0.375. The Morgan fingerprint density at radius 1 is 1.03 bits per heavy atom. The van der Waals surface area contributed by atoms with E-state index in [1.54, 1.807) is 11.3 Å². The van der Waals surface area contributed by atoms with E-state index < -0.39 is 0 Å². The molecule has 5 rings (SSSR count). The number of hydrogen-bond donors (Lipinski definition) is 2. The van der Waals surface area contributed by atoms with Gasteiger partial charge in [0.05, 0.1) is 21.9 Å². The van der Waals surface area contributed by atoms with E-state index in [4.69, 9.17) is 4.98 Å². The smallest absolute Gasteiger partial charge is 0.321 e. The van der Waals surface area contributed by atoms with Crippen LogP contribution in [0.3, 0.4) is 0 Å². The zero-order chi connectivity index (χ0) is 22.1. The molecule has 1 saturated carbocycles. The van der Waals surface area contributed by atoms with Crippen molar-refractivity contribution in [2.24, 2.45) is 0 Å². The minimum Gasteiger partial charge on any atom is -0.352 e. The second kappa shape index (κ2) is 8.88. The summed E-state index contributed by atoms with van der Waals surface area (Å²) in [5.74, 6) is 0.0927. The monoisotopic (exact) mass is 449 g/mol. The lowest BCUT2D eigenvalue weighted by atomic mass is 10.2. The normalized spacial score (nSPS) is 17.8. The summed E-state index contributed by atoms with van der Waals surface area (Å²) in [7, 11) is 0. The molecule has 2 heterocycles. The molecule has 0 bridgehead atoms. The topological polar surface area (TPSA) is 77.6 Å². The fourth-order valence-electron chi connectivity index (χ4n) is 3.99. The molecule has 7 nitrogen and oxygen atoms in total. The first kappa shape index (κ1) is 20.9. The molecule has 2 aromatic carbocycles. The molecule has 0 radical (unpaired) electrons. The van der Waals surface area contributed by atoms with Crippen LogP contribution in [0, 0.1) is 0 Å². The Balaban J connectivity index is 1.23. The van der Waals surface area contributed by atoms with Crippen LogP contribution in [0.4, 0.5) is 10.5 Å². The Hall–Kier alpha value is -2.97. The van der Waals surface area contributed by atoms with E-state index in [-0.39, 0.29) is 18.0 Å². The molecule has 8 heteroatoms. The van der Waals surface area contributed by atoms with E-state index in [0.29, 0.717) is 32.2 Å². The lowest BCUT2D eigenvalue weighted by Crippen LogP contribution is -2.55. The highest BCUT2D eigenvalue weighted by atomic mass is 32.1. The van der Waals surface area contributed by atoms with E-state index in [1.165, 1.54) is 0 Å². The second-order valence-corrected chi connectivity index (χ2v) is 9.47. The quantitative estimate of drug-likeness (QED) is 0.622. The van der Waals surface area contributed by atoms with Crippen LogP contribution in [-0.2, 0) is 4.79 Å². The third kappa shape index (κ3) is 4.47. The molecule has 1 aliphatic heterocycles. The van der Waals surface area contributed by atoms with Crippen molar-refractivity contribution in [3.8, 4) is 10.6 Å². The average molecular weight is 450 g/mol. The van der Waals surface area contributed by atoms with Gasteiger partial charge in [-0.1, -0.05) is 24.3 Å².